The third kappa shape index (κ3) is 3.17. The van der Waals surface area contributed by atoms with E-state index < -0.39 is 29.1 Å². The van der Waals surface area contributed by atoms with Crippen molar-refractivity contribution >= 4 is 23.5 Å². The molecule has 3 N–H and O–H groups in total. The number of nitrogens with one attached hydrogen (secondary N) is 1. The summed E-state index contributed by atoms with van der Waals surface area (Å²) in [5.41, 5.74) is 4.30. The summed E-state index contributed by atoms with van der Waals surface area (Å²) in [4.78, 5) is 22.3. The standard InChI is InChI=1S/C14H9ClF2N2O2/c15-8-3-1-7(2-4-8)9-5-6-10(16)11(12(9)17)13(20)19-14(18)21/h1-6H,(H3,18,19,20,21). The predicted molar refractivity (Wildman–Crippen MR) is 73.9 cm³/mol. The minimum atomic E-state index is -1.24. The maximum atomic E-state index is 14.3. The molecule has 0 unspecified atom stereocenters. The molecule has 0 heterocycles. The zero-order valence-corrected chi connectivity index (χ0v) is 11.2. The Morgan fingerprint density at radius 1 is 1.05 bits per heavy atom. The molecule has 2 aromatic rings. The van der Waals surface area contributed by atoms with Crippen LogP contribution in [0.15, 0.2) is 36.4 Å². The topological polar surface area (TPSA) is 72.2 Å². The van der Waals surface area contributed by atoms with Crippen LogP contribution in [0.3, 0.4) is 0 Å². The van der Waals surface area contributed by atoms with Crippen LogP contribution < -0.4 is 11.1 Å². The number of halogens is 3. The number of urea groups is 1. The number of benzene rings is 2. The summed E-state index contributed by atoms with van der Waals surface area (Å²) in [5.74, 6) is -3.42. The van der Waals surface area contributed by atoms with Gasteiger partial charge >= 0.3 is 6.03 Å². The number of carbonyl (C=O) groups is 2. The van der Waals surface area contributed by atoms with Crippen molar-refractivity contribution in [3.05, 3.63) is 58.6 Å². The lowest BCUT2D eigenvalue weighted by molar-refractivity contribution is 0.0958. The van der Waals surface area contributed by atoms with Crippen molar-refractivity contribution < 1.29 is 18.4 Å². The maximum absolute atomic E-state index is 14.3. The van der Waals surface area contributed by atoms with Crippen LogP contribution >= 0.6 is 11.6 Å². The van der Waals surface area contributed by atoms with Crippen molar-refractivity contribution in [2.45, 2.75) is 0 Å². The third-order valence-electron chi connectivity index (χ3n) is 2.71. The molecule has 0 fully saturated rings. The summed E-state index contributed by atoms with van der Waals surface area (Å²) in [5, 5.41) is 2.08. The van der Waals surface area contributed by atoms with E-state index in [4.69, 9.17) is 17.3 Å². The van der Waals surface area contributed by atoms with E-state index in [0.29, 0.717) is 10.6 Å². The van der Waals surface area contributed by atoms with Gasteiger partial charge in [0.1, 0.15) is 17.2 Å². The molecule has 0 aromatic heterocycles. The van der Waals surface area contributed by atoms with Gasteiger partial charge in [-0.05, 0) is 29.8 Å². The van der Waals surface area contributed by atoms with Gasteiger partial charge in [0.2, 0.25) is 0 Å². The second-order valence-electron chi connectivity index (χ2n) is 4.11. The molecule has 3 amide bonds. The van der Waals surface area contributed by atoms with Crippen LogP contribution in [-0.4, -0.2) is 11.9 Å². The van der Waals surface area contributed by atoms with Gasteiger partial charge in [-0.15, -0.1) is 0 Å². The summed E-state index contributed by atoms with van der Waals surface area (Å²) >= 11 is 5.73. The van der Waals surface area contributed by atoms with Crippen molar-refractivity contribution in [1.29, 1.82) is 0 Å². The lowest BCUT2D eigenvalue weighted by atomic mass is 10.0. The Labute approximate surface area is 123 Å². The predicted octanol–water partition coefficient (Wildman–Crippen LogP) is 3.09. The Balaban J connectivity index is 2.53. The molecule has 7 heteroatoms. The van der Waals surface area contributed by atoms with Crippen molar-refractivity contribution in [3.8, 4) is 11.1 Å². The van der Waals surface area contributed by atoms with Gasteiger partial charge < -0.3 is 5.73 Å². The van der Waals surface area contributed by atoms with Gasteiger partial charge in [0.25, 0.3) is 5.91 Å². The lowest BCUT2D eigenvalue weighted by Crippen LogP contribution is -2.36. The third-order valence-corrected chi connectivity index (χ3v) is 2.96. The fourth-order valence-corrected chi connectivity index (χ4v) is 1.91. The van der Waals surface area contributed by atoms with E-state index in [1.165, 1.54) is 30.3 Å². The molecule has 2 aromatic carbocycles. The number of carbonyl (C=O) groups excluding carboxylic acids is 2. The summed E-state index contributed by atoms with van der Waals surface area (Å²) in [6, 6.07) is 7.03. The fraction of sp³-hybridized carbons (Fsp3) is 0. The lowest BCUT2D eigenvalue weighted by Gasteiger charge is -2.09. The number of hydrogen-bond acceptors (Lipinski definition) is 2. The number of nitrogens with two attached hydrogens (primary N) is 1. The Bertz CT molecular complexity index is 718. The second-order valence-corrected chi connectivity index (χ2v) is 4.55. The van der Waals surface area contributed by atoms with Crippen LogP contribution in [0.4, 0.5) is 13.6 Å². The van der Waals surface area contributed by atoms with Crippen molar-refractivity contribution in [3.63, 3.8) is 0 Å². The molecule has 108 valence electrons. The summed E-state index contributed by atoms with van der Waals surface area (Å²) in [6.45, 7) is 0. The molecule has 0 atom stereocenters. The molecule has 0 radical (unpaired) electrons. The Kier molecular flexibility index (Phi) is 4.18. The first kappa shape index (κ1) is 14.9. The van der Waals surface area contributed by atoms with Gasteiger partial charge in [-0.2, -0.15) is 0 Å². The van der Waals surface area contributed by atoms with Gasteiger partial charge in [-0.3, -0.25) is 10.1 Å². The van der Waals surface area contributed by atoms with E-state index in [2.05, 4.69) is 0 Å². The fourth-order valence-electron chi connectivity index (χ4n) is 1.79. The number of rotatable bonds is 2. The van der Waals surface area contributed by atoms with Gasteiger partial charge in [0.15, 0.2) is 0 Å². The second kappa shape index (κ2) is 5.88. The summed E-state index contributed by atoms with van der Waals surface area (Å²) in [6.07, 6.45) is 0. The van der Waals surface area contributed by atoms with Crippen molar-refractivity contribution in [2.75, 3.05) is 0 Å². The molecule has 0 saturated heterocycles. The molecule has 0 saturated carbocycles. The Morgan fingerprint density at radius 2 is 1.67 bits per heavy atom. The Morgan fingerprint density at radius 3 is 2.24 bits per heavy atom. The smallest absolute Gasteiger partial charge is 0.319 e. The van der Waals surface area contributed by atoms with E-state index in [9.17, 15) is 18.4 Å². The van der Waals surface area contributed by atoms with Gasteiger partial charge in [0.05, 0.1) is 0 Å². The first-order valence-corrected chi connectivity index (χ1v) is 6.12. The first-order chi connectivity index (χ1) is 9.90. The van der Waals surface area contributed by atoms with Gasteiger partial charge in [-0.25, -0.2) is 13.6 Å². The minimum absolute atomic E-state index is 0.00249. The molecule has 2 rings (SSSR count). The number of amides is 3. The van der Waals surface area contributed by atoms with E-state index >= 15 is 0 Å². The molecule has 0 aliphatic carbocycles. The molecule has 0 aliphatic heterocycles. The largest absolute Gasteiger partial charge is 0.351 e. The number of primary amides is 1. The Hall–Kier alpha value is -2.47. The van der Waals surface area contributed by atoms with Crippen LogP contribution in [0.5, 0.6) is 0 Å². The van der Waals surface area contributed by atoms with Crippen LogP contribution in [-0.2, 0) is 0 Å². The van der Waals surface area contributed by atoms with E-state index in [1.54, 1.807) is 5.32 Å². The normalized spacial score (nSPS) is 10.2. The summed E-state index contributed by atoms with van der Waals surface area (Å²) < 4.78 is 28.0. The number of imide groups is 1. The van der Waals surface area contributed by atoms with Crippen molar-refractivity contribution in [2.24, 2.45) is 5.73 Å². The molecule has 4 nitrogen and oxygen atoms in total. The molecule has 0 bridgehead atoms. The quantitative estimate of drug-likeness (QED) is 0.894. The molecular formula is C14H9ClF2N2O2. The van der Waals surface area contributed by atoms with E-state index in [1.807, 2.05) is 0 Å². The zero-order chi connectivity index (χ0) is 15.6. The first-order valence-electron chi connectivity index (χ1n) is 5.75. The van der Waals surface area contributed by atoms with Crippen LogP contribution in [0.1, 0.15) is 10.4 Å². The summed E-state index contributed by atoms with van der Waals surface area (Å²) in [7, 11) is 0. The van der Waals surface area contributed by atoms with E-state index in [0.717, 1.165) is 6.07 Å². The number of hydrogen-bond donors (Lipinski definition) is 2. The van der Waals surface area contributed by atoms with Crippen LogP contribution in [0.25, 0.3) is 11.1 Å². The van der Waals surface area contributed by atoms with Crippen LogP contribution in [0, 0.1) is 11.6 Å². The van der Waals surface area contributed by atoms with E-state index in [-0.39, 0.29) is 5.56 Å². The molecule has 0 aliphatic rings. The average molecular weight is 311 g/mol. The van der Waals surface area contributed by atoms with Crippen LogP contribution in [0.2, 0.25) is 5.02 Å². The molecule has 0 spiro atoms. The average Bonchev–Trinajstić information content (AvgIpc) is 2.39. The highest BCUT2D eigenvalue weighted by Gasteiger charge is 2.22. The van der Waals surface area contributed by atoms with Gasteiger partial charge in [-0.1, -0.05) is 23.7 Å². The minimum Gasteiger partial charge on any atom is -0.351 e. The monoisotopic (exact) mass is 310 g/mol. The molecule has 21 heavy (non-hydrogen) atoms. The highest BCUT2D eigenvalue weighted by molar-refractivity contribution is 6.30. The highest BCUT2D eigenvalue weighted by Crippen LogP contribution is 2.27. The molecular weight excluding hydrogens is 302 g/mol. The maximum Gasteiger partial charge on any atom is 0.319 e. The van der Waals surface area contributed by atoms with Crippen molar-refractivity contribution in [1.82, 2.24) is 5.32 Å². The SMILES string of the molecule is NC(=O)NC(=O)c1c(F)ccc(-c2ccc(Cl)cc2)c1F. The highest BCUT2D eigenvalue weighted by atomic mass is 35.5. The van der Waals surface area contributed by atoms with Gasteiger partial charge in [0, 0.05) is 10.6 Å². The zero-order valence-electron chi connectivity index (χ0n) is 10.5.